The SMILES string of the molecule is COCO[C@@H]1CC[C@@H]2[C@H](C1)C[C@@H](O[Si](C)(C)C(C)(C)C)[C@H]2C=O. The summed E-state index contributed by atoms with van der Waals surface area (Å²) >= 11 is 0. The first-order valence-corrected chi connectivity index (χ1v) is 11.8. The molecule has 0 aromatic carbocycles. The van der Waals surface area contributed by atoms with Crippen molar-refractivity contribution in [1.29, 1.82) is 0 Å². The minimum atomic E-state index is -1.84. The fraction of sp³-hybridized carbons (Fsp3) is 0.944. The summed E-state index contributed by atoms with van der Waals surface area (Å²) in [7, 11) is -0.181. The number of aldehydes is 1. The molecule has 0 N–H and O–H groups in total. The van der Waals surface area contributed by atoms with E-state index in [4.69, 9.17) is 13.9 Å². The molecule has 0 aromatic heterocycles. The molecule has 2 aliphatic carbocycles. The van der Waals surface area contributed by atoms with Gasteiger partial charge in [0.15, 0.2) is 8.32 Å². The minimum Gasteiger partial charge on any atom is -0.413 e. The van der Waals surface area contributed by atoms with E-state index in [2.05, 4.69) is 33.9 Å². The van der Waals surface area contributed by atoms with E-state index in [1.807, 2.05) is 0 Å². The smallest absolute Gasteiger partial charge is 0.192 e. The van der Waals surface area contributed by atoms with Crippen LogP contribution in [0.1, 0.15) is 46.5 Å². The van der Waals surface area contributed by atoms with Gasteiger partial charge in [-0.15, -0.1) is 0 Å². The van der Waals surface area contributed by atoms with Crippen molar-refractivity contribution in [2.75, 3.05) is 13.9 Å². The first-order chi connectivity index (χ1) is 10.7. The first-order valence-electron chi connectivity index (χ1n) is 8.93. The summed E-state index contributed by atoms with van der Waals surface area (Å²) in [5.41, 5.74) is 0. The Morgan fingerprint density at radius 1 is 1.17 bits per heavy atom. The Morgan fingerprint density at radius 2 is 1.87 bits per heavy atom. The van der Waals surface area contributed by atoms with Crippen LogP contribution in [0.2, 0.25) is 18.1 Å². The van der Waals surface area contributed by atoms with Crippen LogP contribution >= 0.6 is 0 Å². The van der Waals surface area contributed by atoms with Crippen LogP contribution in [0.5, 0.6) is 0 Å². The molecule has 134 valence electrons. The third-order valence-corrected chi connectivity index (χ3v) is 10.8. The minimum absolute atomic E-state index is 0.0671. The van der Waals surface area contributed by atoms with Crippen molar-refractivity contribution in [1.82, 2.24) is 0 Å². The third kappa shape index (κ3) is 4.24. The number of fused-ring (bicyclic) bond motifs is 1. The molecule has 2 saturated carbocycles. The monoisotopic (exact) mass is 342 g/mol. The fourth-order valence-electron chi connectivity index (χ4n) is 3.94. The van der Waals surface area contributed by atoms with E-state index in [0.29, 0.717) is 18.6 Å². The summed E-state index contributed by atoms with van der Waals surface area (Å²) in [6, 6.07) is 0. The lowest BCUT2D eigenvalue weighted by Crippen LogP contribution is -2.45. The summed E-state index contributed by atoms with van der Waals surface area (Å²) in [5, 5.41) is 0.179. The van der Waals surface area contributed by atoms with Gasteiger partial charge in [-0.2, -0.15) is 0 Å². The van der Waals surface area contributed by atoms with E-state index in [1.165, 1.54) is 6.29 Å². The van der Waals surface area contributed by atoms with Gasteiger partial charge >= 0.3 is 0 Å². The van der Waals surface area contributed by atoms with Crippen LogP contribution in [-0.4, -0.2) is 40.7 Å². The molecule has 0 amide bonds. The molecule has 2 aliphatic rings. The Labute approximate surface area is 142 Å². The van der Waals surface area contributed by atoms with Crippen molar-refractivity contribution in [3.8, 4) is 0 Å². The largest absolute Gasteiger partial charge is 0.413 e. The van der Waals surface area contributed by atoms with Crippen LogP contribution in [0.25, 0.3) is 0 Å². The molecule has 2 rings (SSSR count). The number of hydrogen-bond donors (Lipinski definition) is 0. The van der Waals surface area contributed by atoms with Crippen LogP contribution in [0, 0.1) is 17.8 Å². The molecule has 0 spiro atoms. The number of hydrogen-bond acceptors (Lipinski definition) is 4. The second-order valence-electron chi connectivity index (χ2n) is 8.80. The lowest BCUT2D eigenvalue weighted by atomic mass is 9.77. The molecule has 0 heterocycles. The van der Waals surface area contributed by atoms with Crippen molar-refractivity contribution in [2.24, 2.45) is 17.8 Å². The first kappa shape index (κ1) is 19.1. The molecule has 0 aliphatic heterocycles. The summed E-state index contributed by atoms with van der Waals surface area (Å²) in [6.07, 6.45) is 5.68. The van der Waals surface area contributed by atoms with E-state index >= 15 is 0 Å². The summed E-state index contributed by atoms with van der Waals surface area (Å²) in [6.45, 7) is 11.7. The van der Waals surface area contributed by atoms with Crippen molar-refractivity contribution >= 4 is 14.6 Å². The van der Waals surface area contributed by atoms with E-state index in [0.717, 1.165) is 25.7 Å². The summed E-state index contributed by atoms with van der Waals surface area (Å²) in [5.74, 6) is 1.10. The highest BCUT2D eigenvalue weighted by molar-refractivity contribution is 6.74. The van der Waals surface area contributed by atoms with Gasteiger partial charge in [0.2, 0.25) is 0 Å². The molecule has 0 bridgehead atoms. The Morgan fingerprint density at radius 3 is 2.43 bits per heavy atom. The zero-order chi connectivity index (χ0) is 17.3. The van der Waals surface area contributed by atoms with Gasteiger partial charge in [-0.25, -0.2) is 0 Å². The lowest BCUT2D eigenvalue weighted by Gasteiger charge is -2.39. The lowest BCUT2D eigenvalue weighted by molar-refractivity contribution is -0.116. The molecule has 5 atom stereocenters. The van der Waals surface area contributed by atoms with Gasteiger partial charge in [0.05, 0.1) is 12.2 Å². The maximum absolute atomic E-state index is 11.7. The van der Waals surface area contributed by atoms with Gasteiger partial charge in [0, 0.05) is 13.0 Å². The number of ether oxygens (including phenoxy) is 2. The van der Waals surface area contributed by atoms with Gasteiger partial charge in [-0.1, -0.05) is 20.8 Å². The fourth-order valence-corrected chi connectivity index (χ4v) is 5.30. The number of carbonyl (C=O) groups excluding carboxylic acids is 1. The highest BCUT2D eigenvalue weighted by atomic mass is 28.4. The summed E-state index contributed by atoms with van der Waals surface area (Å²) < 4.78 is 17.4. The highest BCUT2D eigenvalue weighted by Gasteiger charge is 2.49. The standard InChI is InChI=1S/C18H34O4Si/c1-18(2,3)23(5,6)22-17-10-13-9-14(21-12-20-4)7-8-15(13)16(17)11-19/h11,13-17H,7-10,12H2,1-6H3/t13-,14-,15-,16+,17-/m1/s1. The molecular weight excluding hydrogens is 308 g/mol. The number of methoxy groups -OCH3 is 1. The molecule has 0 saturated heterocycles. The molecule has 4 nitrogen and oxygen atoms in total. The molecule has 5 heteroatoms. The quantitative estimate of drug-likeness (QED) is 0.416. The normalized spacial score (nSPS) is 35.1. The van der Waals surface area contributed by atoms with Gasteiger partial charge in [0.25, 0.3) is 0 Å². The molecule has 0 radical (unpaired) electrons. The number of rotatable bonds is 6. The predicted molar refractivity (Wildman–Crippen MR) is 93.8 cm³/mol. The molecule has 2 fully saturated rings. The second kappa shape index (κ2) is 7.34. The molecular formula is C18H34O4Si. The van der Waals surface area contributed by atoms with Crippen LogP contribution in [-0.2, 0) is 18.7 Å². The van der Waals surface area contributed by atoms with Gasteiger partial charge in [-0.05, 0) is 55.7 Å². The number of carbonyl (C=O) groups is 1. The summed E-state index contributed by atoms with van der Waals surface area (Å²) in [4.78, 5) is 11.7. The Bertz CT molecular complexity index is 404. The predicted octanol–water partition coefficient (Wildman–Crippen LogP) is 4.00. The van der Waals surface area contributed by atoms with Crippen LogP contribution in [0.3, 0.4) is 0 Å². The van der Waals surface area contributed by atoms with E-state index in [1.54, 1.807) is 7.11 Å². The Balaban J connectivity index is 2.02. The van der Waals surface area contributed by atoms with E-state index in [-0.39, 0.29) is 23.2 Å². The molecule has 0 aromatic rings. The van der Waals surface area contributed by atoms with Gasteiger partial charge in [0.1, 0.15) is 13.1 Å². The van der Waals surface area contributed by atoms with Gasteiger partial charge in [-0.3, -0.25) is 0 Å². The van der Waals surface area contributed by atoms with Crippen molar-refractivity contribution < 1.29 is 18.7 Å². The van der Waals surface area contributed by atoms with Crippen LogP contribution in [0.15, 0.2) is 0 Å². The zero-order valence-corrected chi connectivity index (χ0v) is 16.6. The molecule has 0 unspecified atom stereocenters. The second-order valence-corrected chi connectivity index (χ2v) is 13.6. The van der Waals surface area contributed by atoms with Gasteiger partial charge < -0.3 is 18.7 Å². The maximum Gasteiger partial charge on any atom is 0.192 e. The maximum atomic E-state index is 11.7. The average Bonchev–Trinajstić information content (AvgIpc) is 2.79. The molecule has 23 heavy (non-hydrogen) atoms. The Hall–Kier alpha value is -0.233. The topological polar surface area (TPSA) is 44.8 Å². The van der Waals surface area contributed by atoms with E-state index < -0.39 is 8.32 Å². The van der Waals surface area contributed by atoms with Crippen molar-refractivity contribution in [3.05, 3.63) is 0 Å². The van der Waals surface area contributed by atoms with Crippen LogP contribution < -0.4 is 0 Å². The van der Waals surface area contributed by atoms with Crippen LogP contribution in [0.4, 0.5) is 0 Å². The Kier molecular flexibility index (Phi) is 6.09. The van der Waals surface area contributed by atoms with Crippen molar-refractivity contribution in [2.45, 2.75) is 76.8 Å². The average molecular weight is 343 g/mol. The van der Waals surface area contributed by atoms with E-state index in [9.17, 15) is 4.79 Å². The van der Waals surface area contributed by atoms with Crippen molar-refractivity contribution in [3.63, 3.8) is 0 Å². The zero-order valence-electron chi connectivity index (χ0n) is 15.6. The highest BCUT2D eigenvalue weighted by Crippen LogP contribution is 2.49. The third-order valence-electron chi connectivity index (χ3n) is 6.28.